The number of halogens is 1. The van der Waals surface area contributed by atoms with Crippen LogP contribution in [0.5, 0.6) is 0 Å². The van der Waals surface area contributed by atoms with Gasteiger partial charge in [0.25, 0.3) is 0 Å². The maximum atomic E-state index is 13.0. The van der Waals surface area contributed by atoms with Crippen molar-refractivity contribution in [3.8, 4) is 0 Å². The van der Waals surface area contributed by atoms with Crippen LogP contribution in [0.3, 0.4) is 0 Å². The number of aliphatic hydroxyl groups is 1. The van der Waals surface area contributed by atoms with Gasteiger partial charge in [-0.15, -0.1) is 0 Å². The Morgan fingerprint density at radius 3 is 2.78 bits per heavy atom. The van der Waals surface area contributed by atoms with Gasteiger partial charge in [0, 0.05) is 18.8 Å². The van der Waals surface area contributed by atoms with Gasteiger partial charge in [-0.1, -0.05) is 18.6 Å². The molecule has 2 atom stereocenters. The van der Waals surface area contributed by atoms with Gasteiger partial charge in [0.2, 0.25) is 0 Å². The monoisotopic (exact) mass is 317 g/mol. The third kappa shape index (κ3) is 4.18. The Morgan fingerprint density at radius 1 is 1.30 bits per heavy atom. The van der Waals surface area contributed by atoms with Crippen molar-refractivity contribution in [3.05, 3.63) is 53.6 Å². The first-order valence-electron chi connectivity index (χ1n) is 8.28. The summed E-state index contributed by atoms with van der Waals surface area (Å²) in [4.78, 5) is 2.34. The molecule has 1 aromatic heterocycles. The second-order valence-electron chi connectivity index (χ2n) is 6.45. The Labute approximate surface area is 136 Å². The predicted octanol–water partition coefficient (Wildman–Crippen LogP) is 2.92. The smallest absolute Gasteiger partial charge is 0.123 e. The van der Waals surface area contributed by atoms with Crippen LogP contribution in [0.25, 0.3) is 0 Å². The quantitative estimate of drug-likeness (QED) is 0.922. The van der Waals surface area contributed by atoms with Crippen LogP contribution >= 0.6 is 0 Å². The van der Waals surface area contributed by atoms with E-state index in [1.54, 1.807) is 12.1 Å². The SMILES string of the molecule is Cc1cnn(CC2CCCCN2CC(O)c2ccc(F)cc2)c1. The highest BCUT2D eigenvalue weighted by molar-refractivity contribution is 5.18. The van der Waals surface area contributed by atoms with Crippen LogP contribution in [0.1, 0.15) is 36.5 Å². The van der Waals surface area contributed by atoms with Gasteiger partial charge in [-0.3, -0.25) is 9.58 Å². The molecule has 1 saturated heterocycles. The van der Waals surface area contributed by atoms with Gasteiger partial charge in [-0.05, 0) is 49.6 Å². The average molecular weight is 317 g/mol. The maximum Gasteiger partial charge on any atom is 0.123 e. The Kier molecular flexibility index (Phi) is 5.08. The van der Waals surface area contributed by atoms with Gasteiger partial charge < -0.3 is 5.11 Å². The first kappa shape index (κ1) is 16.1. The molecule has 1 aliphatic heterocycles. The van der Waals surface area contributed by atoms with Crippen molar-refractivity contribution in [3.63, 3.8) is 0 Å². The molecule has 0 aliphatic carbocycles. The fourth-order valence-electron chi connectivity index (χ4n) is 3.30. The number of β-amino-alcohol motifs (C(OH)–C–C–N with tert-alkyl or cyclic N) is 1. The molecular formula is C18H24FN3O. The molecule has 0 amide bonds. The van der Waals surface area contributed by atoms with Crippen molar-refractivity contribution < 1.29 is 9.50 Å². The second-order valence-corrected chi connectivity index (χ2v) is 6.45. The molecule has 2 heterocycles. The van der Waals surface area contributed by atoms with E-state index in [1.165, 1.54) is 24.1 Å². The van der Waals surface area contributed by atoms with Crippen molar-refractivity contribution in [1.29, 1.82) is 0 Å². The first-order valence-corrected chi connectivity index (χ1v) is 8.28. The van der Waals surface area contributed by atoms with Crippen LogP contribution in [0.2, 0.25) is 0 Å². The van der Waals surface area contributed by atoms with Crippen LogP contribution in [-0.2, 0) is 6.54 Å². The van der Waals surface area contributed by atoms with E-state index in [-0.39, 0.29) is 5.82 Å². The molecule has 1 N–H and O–H groups in total. The summed E-state index contributed by atoms with van der Waals surface area (Å²) < 4.78 is 15.0. The summed E-state index contributed by atoms with van der Waals surface area (Å²) in [6.07, 6.45) is 6.84. The summed E-state index contributed by atoms with van der Waals surface area (Å²) in [5.41, 5.74) is 1.93. The van der Waals surface area contributed by atoms with E-state index >= 15 is 0 Å². The lowest BCUT2D eigenvalue weighted by Gasteiger charge is -2.37. The van der Waals surface area contributed by atoms with Crippen LogP contribution in [0.4, 0.5) is 4.39 Å². The van der Waals surface area contributed by atoms with E-state index in [0.717, 1.165) is 31.5 Å². The molecule has 5 heteroatoms. The number of hydrogen-bond donors (Lipinski definition) is 1. The lowest BCUT2D eigenvalue weighted by molar-refractivity contribution is 0.0591. The van der Waals surface area contributed by atoms with Crippen LogP contribution < -0.4 is 0 Å². The van der Waals surface area contributed by atoms with Gasteiger partial charge in [0.05, 0.1) is 18.8 Å². The lowest BCUT2D eigenvalue weighted by Crippen LogP contribution is -2.44. The molecule has 1 aromatic carbocycles. The van der Waals surface area contributed by atoms with Gasteiger partial charge in [-0.25, -0.2) is 4.39 Å². The first-order chi connectivity index (χ1) is 11.1. The number of likely N-dealkylation sites (tertiary alicyclic amines) is 1. The fraction of sp³-hybridized carbons (Fsp3) is 0.500. The Hall–Kier alpha value is -1.72. The molecule has 4 nitrogen and oxygen atoms in total. The number of rotatable bonds is 5. The number of aromatic nitrogens is 2. The third-order valence-corrected chi connectivity index (χ3v) is 4.57. The molecule has 0 spiro atoms. The maximum absolute atomic E-state index is 13.0. The minimum atomic E-state index is -0.587. The van der Waals surface area contributed by atoms with E-state index in [9.17, 15) is 9.50 Å². The standard InChI is InChI=1S/C18H24FN3O/c1-14-10-20-22(11-14)12-17-4-2-3-9-21(17)13-18(23)15-5-7-16(19)8-6-15/h5-8,10-11,17-18,23H,2-4,9,12-13H2,1H3. The number of aliphatic hydroxyl groups excluding tert-OH is 1. The molecular weight excluding hydrogens is 293 g/mol. The molecule has 3 rings (SSSR count). The van der Waals surface area contributed by atoms with Gasteiger partial charge in [0.1, 0.15) is 5.82 Å². The summed E-state index contributed by atoms with van der Waals surface area (Å²) in [6.45, 7) is 4.46. The summed E-state index contributed by atoms with van der Waals surface area (Å²) in [5.74, 6) is -0.272. The van der Waals surface area contributed by atoms with E-state index in [0.29, 0.717) is 12.6 Å². The molecule has 1 aliphatic rings. The summed E-state index contributed by atoms with van der Waals surface area (Å²) in [5, 5.41) is 14.8. The van der Waals surface area contributed by atoms with Gasteiger partial charge >= 0.3 is 0 Å². The highest BCUT2D eigenvalue weighted by Crippen LogP contribution is 2.23. The van der Waals surface area contributed by atoms with Crippen LogP contribution in [0.15, 0.2) is 36.7 Å². The summed E-state index contributed by atoms with van der Waals surface area (Å²) in [7, 11) is 0. The van der Waals surface area contributed by atoms with Gasteiger partial charge in [-0.2, -0.15) is 5.10 Å². The summed E-state index contributed by atoms with van der Waals surface area (Å²) in [6, 6.07) is 6.52. The zero-order valence-electron chi connectivity index (χ0n) is 13.5. The highest BCUT2D eigenvalue weighted by Gasteiger charge is 2.25. The molecule has 0 radical (unpaired) electrons. The number of hydrogen-bond acceptors (Lipinski definition) is 3. The van der Waals surface area contributed by atoms with Crippen molar-refractivity contribution in [2.75, 3.05) is 13.1 Å². The minimum absolute atomic E-state index is 0.272. The fourth-order valence-corrected chi connectivity index (χ4v) is 3.30. The van der Waals surface area contributed by atoms with Gasteiger partial charge in [0.15, 0.2) is 0 Å². The molecule has 23 heavy (non-hydrogen) atoms. The summed E-state index contributed by atoms with van der Waals surface area (Å²) >= 11 is 0. The Bertz CT molecular complexity index is 625. The third-order valence-electron chi connectivity index (χ3n) is 4.57. The molecule has 0 bridgehead atoms. The molecule has 2 unspecified atom stereocenters. The number of piperidine rings is 1. The Balaban J connectivity index is 1.64. The zero-order valence-corrected chi connectivity index (χ0v) is 13.5. The average Bonchev–Trinajstić information content (AvgIpc) is 2.95. The van der Waals surface area contributed by atoms with Crippen molar-refractivity contribution in [2.24, 2.45) is 0 Å². The van der Waals surface area contributed by atoms with Crippen LogP contribution in [-0.4, -0.2) is 38.9 Å². The van der Waals surface area contributed by atoms with E-state index in [4.69, 9.17) is 0 Å². The van der Waals surface area contributed by atoms with Crippen LogP contribution in [0, 0.1) is 12.7 Å². The van der Waals surface area contributed by atoms with E-state index in [1.807, 2.05) is 17.8 Å². The number of benzene rings is 1. The van der Waals surface area contributed by atoms with Crippen molar-refractivity contribution in [2.45, 2.75) is 44.9 Å². The largest absolute Gasteiger partial charge is 0.387 e. The Morgan fingerprint density at radius 2 is 2.09 bits per heavy atom. The molecule has 1 fully saturated rings. The second kappa shape index (κ2) is 7.23. The number of nitrogens with zero attached hydrogens (tertiary/aromatic N) is 3. The molecule has 2 aromatic rings. The van der Waals surface area contributed by atoms with Crippen molar-refractivity contribution in [1.82, 2.24) is 14.7 Å². The molecule has 124 valence electrons. The highest BCUT2D eigenvalue weighted by atomic mass is 19.1. The topological polar surface area (TPSA) is 41.3 Å². The predicted molar refractivity (Wildman–Crippen MR) is 87.5 cm³/mol. The lowest BCUT2D eigenvalue weighted by atomic mass is 10.00. The number of aryl methyl sites for hydroxylation is 1. The van der Waals surface area contributed by atoms with E-state index < -0.39 is 6.10 Å². The minimum Gasteiger partial charge on any atom is -0.387 e. The zero-order chi connectivity index (χ0) is 16.2. The molecule has 0 saturated carbocycles. The normalized spacial score (nSPS) is 20.6. The van der Waals surface area contributed by atoms with Crippen molar-refractivity contribution >= 4 is 0 Å². The van der Waals surface area contributed by atoms with E-state index in [2.05, 4.69) is 16.2 Å².